The molecule has 0 amide bonds. The van der Waals surface area contributed by atoms with Gasteiger partial charge in [-0.2, -0.15) is 4.89 Å². The van der Waals surface area contributed by atoms with E-state index in [1.807, 2.05) is 0 Å². The summed E-state index contributed by atoms with van der Waals surface area (Å²) in [6.45, 7) is 2.07. The Bertz CT molecular complexity index is 77.4. The van der Waals surface area contributed by atoms with E-state index >= 15 is 0 Å². The molecule has 0 aromatic rings. The smallest absolute Gasteiger partial charge is 0.161 e. The van der Waals surface area contributed by atoms with Crippen LogP contribution in [0.5, 0.6) is 0 Å². The van der Waals surface area contributed by atoms with Gasteiger partial charge in [0.1, 0.15) is 0 Å². The Morgan fingerprint density at radius 2 is 2.00 bits per heavy atom. The summed E-state index contributed by atoms with van der Waals surface area (Å²) in [6.07, 6.45) is 3.55. The van der Waals surface area contributed by atoms with Crippen LogP contribution in [0.2, 0.25) is 0 Å². The molecule has 1 unspecified atom stereocenters. The van der Waals surface area contributed by atoms with Crippen molar-refractivity contribution in [1.29, 1.82) is 0 Å². The SMILES string of the molecule is CCCCC[P+](=O)O.[Nd]. The minimum Gasteiger partial charge on any atom is -0.161 e. The van der Waals surface area contributed by atoms with Crippen LogP contribution in [0.1, 0.15) is 26.2 Å². The third-order valence-corrected chi connectivity index (χ3v) is 1.65. The maximum atomic E-state index is 10.0. The van der Waals surface area contributed by atoms with Gasteiger partial charge in [0.05, 0.1) is 0 Å². The molecule has 0 aromatic carbocycles. The molecule has 0 bridgehead atoms. The Balaban J connectivity index is 0. The third kappa shape index (κ3) is 12.6. The Hall–Kier alpha value is 1.41. The van der Waals surface area contributed by atoms with Gasteiger partial charge in [-0.15, -0.1) is 0 Å². The summed E-state index contributed by atoms with van der Waals surface area (Å²) in [6, 6.07) is 0. The van der Waals surface area contributed by atoms with Crippen molar-refractivity contribution >= 4 is 8.03 Å². The minimum atomic E-state index is -1.86. The molecule has 0 aromatic heterocycles. The fourth-order valence-electron chi connectivity index (χ4n) is 0.497. The summed E-state index contributed by atoms with van der Waals surface area (Å²) in [5.74, 6) is 0. The van der Waals surface area contributed by atoms with E-state index in [4.69, 9.17) is 4.89 Å². The topological polar surface area (TPSA) is 37.3 Å². The van der Waals surface area contributed by atoms with Crippen LogP contribution in [0.4, 0.5) is 0 Å². The van der Waals surface area contributed by atoms with Crippen molar-refractivity contribution in [3.63, 3.8) is 0 Å². The van der Waals surface area contributed by atoms with E-state index in [-0.39, 0.29) is 40.8 Å². The van der Waals surface area contributed by atoms with E-state index in [1.54, 1.807) is 0 Å². The molecule has 0 saturated heterocycles. The van der Waals surface area contributed by atoms with Crippen LogP contribution in [0.25, 0.3) is 0 Å². The van der Waals surface area contributed by atoms with E-state index in [2.05, 4.69) is 6.92 Å². The maximum Gasteiger partial charge on any atom is 0.505 e. The molecule has 0 saturated carbocycles. The normalized spacial score (nSPS) is 10.2. The average Bonchev–Trinajstić information content (AvgIpc) is 1.66. The maximum absolute atomic E-state index is 10.0. The van der Waals surface area contributed by atoms with E-state index in [1.165, 1.54) is 0 Å². The molecular weight excluding hydrogens is 267 g/mol. The van der Waals surface area contributed by atoms with Gasteiger partial charge in [0, 0.05) is 40.8 Å². The Morgan fingerprint density at radius 1 is 1.44 bits per heavy atom. The first-order valence-electron chi connectivity index (χ1n) is 2.91. The number of rotatable bonds is 4. The molecule has 9 heavy (non-hydrogen) atoms. The summed E-state index contributed by atoms with van der Waals surface area (Å²) in [5, 5.41) is 0. The van der Waals surface area contributed by atoms with Gasteiger partial charge in [-0.1, -0.05) is 13.3 Å². The van der Waals surface area contributed by atoms with E-state index < -0.39 is 8.03 Å². The molecular formula is C5H12NdO2P+. The summed E-state index contributed by atoms with van der Waals surface area (Å²) in [7, 11) is -1.86. The summed E-state index contributed by atoms with van der Waals surface area (Å²) in [4.78, 5) is 8.29. The van der Waals surface area contributed by atoms with E-state index in [9.17, 15) is 4.57 Å². The molecule has 0 aliphatic rings. The molecule has 0 radical (unpaired) electrons. The fourth-order valence-corrected chi connectivity index (χ4v) is 0.991. The second kappa shape index (κ2) is 9.41. The Kier molecular flexibility index (Phi) is 13.6. The quantitative estimate of drug-likeness (QED) is 0.630. The van der Waals surface area contributed by atoms with Gasteiger partial charge < -0.3 is 0 Å². The van der Waals surface area contributed by atoms with Crippen LogP contribution >= 0.6 is 8.03 Å². The van der Waals surface area contributed by atoms with Crippen LogP contribution in [-0.2, 0) is 4.57 Å². The van der Waals surface area contributed by atoms with Crippen molar-refractivity contribution < 1.29 is 50.3 Å². The zero-order valence-corrected chi connectivity index (χ0v) is 9.73. The molecule has 0 rings (SSSR count). The summed E-state index contributed by atoms with van der Waals surface area (Å²) < 4.78 is 10.0. The van der Waals surface area contributed by atoms with Gasteiger partial charge in [0.2, 0.25) is 0 Å². The van der Waals surface area contributed by atoms with Crippen LogP contribution < -0.4 is 0 Å². The van der Waals surface area contributed by atoms with Crippen LogP contribution in [0.15, 0.2) is 0 Å². The number of hydrogen-bond acceptors (Lipinski definition) is 1. The zero-order chi connectivity index (χ0) is 6.41. The van der Waals surface area contributed by atoms with Gasteiger partial charge in [-0.05, 0) is 17.4 Å². The van der Waals surface area contributed by atoms with Gasteiger partial charge >= 0.3 is 8.03 Å². The molecule has 0 aliphatic heterocycles. The van der Waals surface area contributed by atoms with E-state index in [0.29, 0.717) is 6.16 Å². The predicted octanol–water partition coefficient (Wildman–Crippen LogP) is 1.91. The van der Waals surface area contributed by atoms with Crippen LogP contribution in [0.3, 0.4) is 0 Å². The Labute approximate surface area is 89.8 Å². The standard InChI is InChI=1S/C5H11O2P.Nd/c1-2-3-4-5-8(6)7;/h2-5H2,1H3;/p+1. The first-order chi connectivity index (χ1) is 3.77. The predicted molar refractivity (Wildman–Crippen MR) is 34.2 cm³/mol. The Morgan fingerprint density at radius 3 is 2.33 bits per heavy atom. The molecule has 4 heteroatoms. The van der Waals surface area contributed by atoms with Crippen molar-refractivity contribution in [1.82, 2.24) is 0 Å². The summed E-state index contributed by atoms with van der Waals surface area (Å²) >= 11 is 0. The van der Waals surface area contributed by atoms with Crippen LogP contribution in [0, 0.1) is 40.8 Å². The molecule has 0 heterocycles. The molecule has 1 atom stereocenters. The van der Waals surface area contributed by atoms with E-state index in [0.717, 1.165) is 19.3 Å². The molecule has 52 valence electrons. The van der Waals surface area contributed by atoms with Gasteiger partial charge in [-0.25, -0.2) is 0 Å². The molecule has 1 N–H and O–H groups in total. The number of unbranched alkanes of at least 4 members (excludes halogenated alkanes) is 2. The molecule has 0 aliphatic carbocycles. The molecule has 0 fully saturated rings. The summed E-state index contributed by atoms with van der Waals surface area (Å²) in [5.41, 5.74) is 0. The largest absolute Gasteiger partial charge is 0.505 e. The van der Waals surface area contributed by atoms with Gasteiger partial charge in [-0.3, -0.25) is 0 Å². The third-order valence-electron chi connectivity index (χ3n) is 0.953. The second-order valence-corrected chi connectivity index (χ2v) is 2.93. The minimum absolute atomic E-state index is 0. The molecule has 2 nitrogen and oxygen atoms in total. The van der Waals surface area contributed by atoms with Crippen LogP contribution in [-0.4, -0.2) is 11.1 Å². The zero-order valence-electron chi connectivity index (χ0n) is 5.63. The number of hydrogen-bond donors (Lipinski definition) is 1. The van der Waals surface area contributed by atoms with Crippen molar-refractivity contribution in [2.75, 3.05) is 6.16 Å². The first kappa shape index (κ1) is 13.0. The van der Waals surface area contributed by atoms with Gasteiger partial charge in [0.25, 0.3) is 0 Å². The monoisotopic (exact) mass is 277 g/mol. The van der Waals surface area contributed by atoms with Crippen molar-refractivity contribution in [3.8, 4) is 0 Å². The second-order valence-electron chi connectivity index (χ2n) is 1.78. The van der Waals surface area contributed by atoms with Crippen molar-refractivity contribution in [2.24, 2.45) is 0 Å². The fraction of sp³-hybridized carbons (Fsp3) is 1.00. The van der Waals surface area contributed by atoms with Crippen molar-refractivity contribution in [2.45, 2.75) is 26.2 Å². The van der Waals surface area contributed by atoms with Gasteiger partial charge in [0.15, 0.2) is 6.16 Å². The first-order valence-corrected chi connectivity index (χ1v) is 4.30. The van der Waals surface area contributed by atoms with Crippen molar-refractivity contribution in [3.05, 3.63) is 0 Å². The average molecular weight is 279 g/mol. The molecule has 0 spiro atoms.